The molecule has 0 heterocycles. The summed E-state index contributed by atoms with van der Waals surface area (Å²) in [5.41, 5.74) is 4.59. The van der Waals surface area contributed by atoms with Crippen molar-refractivity contribution >= 4 is 11.8 Å². The second-order valence-corrected chi connectivity index (χ2v) is 6.68. The molecule has 0 spiro atoms. The van der Waals surface area contributed by atoms with Gasteiger partial charge in [-0.1, -0.05) is 13.8 Å². The fourth-order valence-corrected chi connectivity index (χ4v) is 1.19. The monoisotopic (exact) mass is 271 g/mol. The Morgan fingerprint density at radius 3 is 1.95 bits per heavy atom. The SMILES string of the molecule is CC(C)CNC(=O)C(C)NC(=O)C(C)(C)C(C)(C)N. The van der Waals surface area contributed by atoms with Crippen LogP contribution in [0.25, 0.3) is 0 Å². The Labute approximate surface area is 116 Å². The van der Waals surface area contributed by atoms with Gasteiger partial charge < -0.3 is 16.4 Å². The molecule has 0 bridgehead atoms. The molecule has 5 heteroatoms. The summed E-state index contributed by atoms with van der Waals surface area (Å²) in [6.45, 7) is 13.5. The van der Waals surface area contributed by atoms with Gasteiger partial charge in [0.1, 0.15) is 6.04 Å². The van der Waals surface area contributed by atoms with Gasteiger partial charge in [0.2, 0.25) is 11.8 Å². The van der Waals surface area contributed by atoms with Crippen LogP contribution in [0.1, 0.15) is 48.5 Å². The van der Waals surface area contributed by atoms with E-state index in [2.05, 4.69) is 10.6 Å². The molecule has 0 aromatic heterocycles. The quantitative estimate of drug-likeness (QED) is 0.674. The predicted molar refractivity (Wildman–Crippen MR) is 77.5 cm³/mol. The van der Waals surface area contributed by atoms with Crippen molar-refractivity contribution in [2.24, 2.45) is 17.1 Å². The normalized spacial score (nSPS) is 14.2. The van der Waals surface area contributed by atoms with Crippen LogP contribution < -0.4 is 16.4 Å². The molecule has 0 fully saturated rings. The molecule has 1 atom stereocenters. The zero-order chi connectivity index (χ0) is 15.4. The first kappa shape index (κ1) is 17.9. The van der Waals surface area contributed by atoms with Gasteiger partial charge in [0.05, 0.1) is 5.41 Å². The second-order valence-electron chi connectivity index (χ2n) is 6.68. The van der Waals surface area contributed by atoms with Crippen LogP contribution in [0.2, 0.25) is 0 Å². The molecule has 0 aromatic rings. The van der Waals surface area contributed by atoms with Crippen molar-refractivity contribution in [1.82, 2.24) is 10.6 Å². The van der Waals surface area contributed by atoms with E-state index in [9.17, 15) is 9.59 Å². The van der Waals surface area contributed by atoms with Gasteiger partial charge in [-0.05, 0) is 40.5 Å². The van der Waals surface area contributed by atoms with Crippen LogP contribution in [0.4, 0.5) is 0 Å². The lowest BCUT2D eigenvalue weighted by Gasteiger charge is -2.37. The molecule has 4 N–H and O–H groups in total. The van der Waals surface area contributed by atoms with Crippen molar-refractivity contribution in [3.8, 4) is 0 Å². The highest BCUT2D eigenvalue weighted by molar-refractivity contribution is 5.90. The van der Waals surface area contributed by atoms with Crippen molar-refractivity contribution in [3.05, 3.63) is 0 Å². The minimum Gasteiger partial charge on any atom is -0.354 e. The number of amides is 2. The molecular formula is C14H29N3O2. The maximum Gasteiger partial charge on any atom is 0.242 e. The van der Waals surface area contributed by atoms with E-state index in [0.29, 0.717) is 12.5 Å². The maximum absolute atomic E-state index is 12.2. The number of nitrogens with one attached hydrogen (secondary N) is 2. The number of carbonyl (C=O) groups excluding carboxylic acids is 2. The zero-order valence-corrected chi connectivity index (χ0v) is 13.3. The molecule has 0 aliphatic heterocycles. The largest absolute Gasteiger partial charge is 0.354 e. The third-order valence-corrected chi connectivity index (χ3v) is 3.60. The first-order chi connectivity index (χ1) is 8.39. The first-order valence-electron chi connectivity index (χ1n) is 6.77. The van der Waals surface area contributed by atoms with Crippen LogP contribution >= 0.6 is 0 Å². The van der Waals surface area contributed by atoms with Crippen molar-refractivity contribution in [2.75, 3.05) is 6.54 Å². The average Bonchev–Trinajstić information content (AvgIpc) is 2.23. The average molecular weight is 271 g/mol. The molecule has 1 unspecified atom stereocenters. The van der Waals surface area contributed by atoms with Gasteiger partial charge in [-0.2, -0.15) is 0 Å². The number of hydrogen-bond acceptors (Lipinski definition) is 3. The van der Waals surface area contributed by atoms with E-state index in [1.54, 1.807) is 34.6 Å². The fourth-order valence-electron chi connectivity index (χ4n) is 1.19. The van der Waals surface area contributed by atoms with Gasteiger partial charge in [-0.3, -0.25) is 9.59 Å². The third kappa shape index (κ3) is 5.19. The van der Waals surface area contributed by atoms with Gasteiger partial charge in [0.15, 0.2) is 0 Å². The van der Waals surface area contributed by atoms with Crippen LogP contribution in [0, 0.1) is 11.3 Å². The number of rotatable bonds is 6. The Balaban J connectivity index is 4.53. The second kappa shape index (κ2) is 6.37. The van der Waals surface area contributed by atoms with Crippen molar-refractivity contribution in [1.29, 1.82) is 0 Å². The van der Waals surface area contributed by atoms with Gasteiger partial charge in [-0.25, -0.2) is 0 Å². The van der Waals surface area contributed by atoms with E-state index in [0.717, 1.165) is 0 Å². The highest BCUT2D eigenvalue weighted by atomic mass is 16.2. The summed E-state index contributed by atoms with van der Waals surface area (Å²) in [4.78, 5) is 24.0. The lowest BCUT2D eigenvalue weighted by atomic mass is 9.74. The van der Waals surface area contributed by atoms with E-state index in [1.807, 2.05) is 13.8 Å². The number of carbonyl (C=O) groups is 2. The van der Waals surface area contributed by atoms with E-state index >= 15 is 0 Å². The Morgan fingerprint density at radius 2 is 1.58 bits per heavy atom. The van der Waals surface area contributed by atoms with Gasteiger partial charge >= 0.3 is 0 Å². The molecule has 0 aliphatic rings. The summed E-state index contributed by atoms with van der Waals surface area (Å²) in [6, 6.07) is -0.562. The summed E-state index contributed by atoms with van der Waals surface area (Å²) >= 11 is 0. The molecule has 2 amide bonds. The smallest absolute Gasteiger partial charge is 0.242 e. The molecule has 0 saturated carbocycles. The minimum atomic E-state index is -0.750. The van der Waals surface area contributed by atoms with E-state index in [-0.39, 0.29) is 11.8 Å². The molecule has 0 rings (SSSR count). The molecule has 0 aliphatic carbocycles. The van der Waals surface area contributed by atoms with E-state index < -0.39 is 17.0 Å². The van der Waals surface area contributed by atoms with Gasteiger partial charge in [0, 0.05) is 12.1 Å². The van der Waals surface area contributed by atoms with Gasteiger partial charge in [-0.15, -0.1) is 0 Å². The summed E-state index contributed by atoms with van der Waals surface area (Å²) in [5, 5.41) is 5.51. The van der Waals surface area contributed by atoms with Crippen LogP contribution in [-0.4, -0.2) is 29.9 Å². The summed E-state index contributed by atoms with van der Waals surface area (Å²) in [5.74, 6) is -0.00820. The lowest BCUT2D eigenvalue weighted by molar-refractivity contribution is -0.136. The standard InChI is InChI=1S/C14H29N3O2/c1-9(2)8-16-11(18)10(3)17-12(19)13(4,5)14(6,7)15/h9-10H,8,15H2,1-7H3,(H,16,18)(H,17,19). The van der Waals surface area contributed by atoms with Crippen LogP contribution in [0.5, 0.6) is 0 Å². The Kier molecular flexibility index (Phi) is 6.00. The van der Waals surface area contributed by atoms with Crippen molar-refractivity contribution in [2.45, 2.75) is 60.0 Å². The highest BCUT2D eigenvalue weighted by Gasteiger charge is 2.41. The maximum atomic E-state index is 12.2. The Bertz CT molecular complexity index is 330. The van der Waals surface area contributed by atoms with E-state index in [1.165, 1.54) is 0 Å². The van der Waals surface area contributed by atoms with Crippen LogP contribution in [0.3, 0.4) is 0 Å². The molecule has 0 aromatic carbocycles. The summed E-state index contributed by atoms with van der Waals surface area (Å²) in [6.07, 6.45) is 0. The minimum absolute atomic E-state index is 0.173. The topological polar surface area (TPSA) is 84.2 Å². The third-order valence-electron chi connectivity index (χ3n) is 3.60. The van der Waals surface area contributed by atoms with Gasteiger partial charge in [0.25, 0.3) is 0 Å². The fraction of sp³-hybridized carbons (Fsp3) is 0.857. The van der Waals surface area contributed by atoms with E-state index in [4.69, 9.17) is 5.73 Å². The molecule has 112 valence electrons. The van der Waals surface area contributed by atoms with Crippen LogP contribution in [-0.2, 0) is 9.59 Å². The number of nitrogens with two attached hydrogens (primary N) is 1. The molecular weight excluding hydrogens is 242 g/mol. The van der Waals surface area contributed by atoms with Crippen molar-refractivity contribution < 1.29 is 9.59 Å². The molecule has 0 radical (unpaired) electrons. The lowest BCUT2D eigenvalue weighted by Crippen LogP contribution is -2.58. The van der Waals surface area contributed by atoms with Crippen LogP contribution in [0.15, 0.2) is 0 Å². The zero-order valence-electron chi connectivity index (χ0n) is 13.3. The summed E-state index contributed by atoms with van der Waals surface area (Å²) in [7, 11) is 0. The van der Waals surface area contributed by atoms with Crippen molar-refractivity contribution in [3.63, 3.8) is 0 Å². The molecule has 0 saturated heterocycles. The highest BCUT2D eigenvalue weighted by Crippen LogP contribution is 2.28. The first-order valence-corrected chi connectivity index (χ1v) is 6.77. The Morgan fingerprint density at radius 1 is 1.11 bits per heavy atom. The Hall–Kier alpha value is -1.10. The predicted octanol–water partition coefficient (Wildman–Crippen LogP) is 1.03. The molecule has 19 heavy (non-hydrogen) atoms. The molecule has 5 nitrogen and oxygen atoms in total. The number of hydrogen-bond donors (Lipinski definition) is 3. The summed E-state index contributed by atoms with van der Waals surface area (Å²) < 4.78 is 0.